The van der Waals surface area contributed by atoms with Crippen molar-refractivity contribution in [3.63, 3.8) is 0 Å². The van der Waals surface area contributed by atoms with Crippen LogP contribution in [0.25, 0.3) is 49.9 Å². The number of hydrogen-bond acceptors (Lipinski definition) is 4. The SMILES string of the molecule is CC(C)(C)c1ccc2c(c1)N(c1c(F)cccc1F)CN2c1cc(Oc2ccc3c4ccccc4n(-c4ccccn4)c3c2)cc(-c2ccc(-c3ccccc3)cc2)c1. The molecule has 59 heavy (non-hydrogen) atoms. The number of ether oxygens (including phenoxy) is 1. The molecule has 0 saturated heterocycles. The third-order valence-electron chi connectivity index (χ3n) is 11.2. The van der Waals surface area contributed by atoms with Crippen molar-refractivity contribution in [2.24, 2.45) is 0 Å². The lowest BCUT2D eigenvalue weighted by molar-refractivity contribution is 0.483. The molecule has 2 aromatic heterocycles. The second-order valence-electron chi connectivity index (χ2n) is 16.0. The van der Waals surface area contributed by atoms with Crippen LogP contribution in [0.4, 0.5) is 31.5 Å². The third-order valence-corrected chi connectivity index (χ3v) is 11.2. The molecule has 5 nitrogen and oxygen atoms in total. The lowest BCUT2D eigenvalue weighted by atomic mass is 9.86. The summed E-state index contributed by atoms with van der Waals surface area (Å²) < 4.78 is 40.2. The molecule has 3 heterocycles. The van der Waals surface area contributed by atoms with Crippen molar-refractivity contribution in [1.29, 1.82) is 0 Å². The van der Waals surface area contributed by atoms with E-state index in [0.717, 1.165) is 72.5 Å². The molecule has 0 radical (unpaired) electrons. The van der Waals surface area contributed by atoms with E-state index in [9.17, 15) is 0 Å². The second-order valence-corrected chi connectivity index (χ2v) is 16.0. The highest BCUT2D eigenvalue weighted by molar-refractivity contribution is 6.09. The van der Waals surface area contributed by atoms with Crippen molar-refractivity contribution in [1.82, 2.24) is 9.55 Å². The van der Waals surface area contributed by atoms with Crippen LogP contribution in [0.15, 0.2) is 176 Å². The molecule has 1 aliphatic rings. The van der Waals surface area contributed by atoms with Crippen LogP contribution >= 0.6 is 0 Å². The average molecular weight is 775 g/mol. The summed E-state index contributed by atoms with van der Waals surface area (Å²) >= 11 is 0. The summed E-state index contributed by atoms with van der Waals surface area (Å²) in [6, 6.07) is 55.6. The minimum Gasteiger partial charge on any atom is -0.457 e. The molecule has 9 aromatic rings. The summed E-state index contributed by atoms with van der Waals surface area (Å²) in [7, 11) is 0. The van der Waals surface area contributed by atoms with Gasteiger partial charge in [-0.15, -0.1) is 0 Å². The minimum atomic E-state index is -0.617. The Morgan fingerprint density at radius 2 is 1.22 bits per heavy atom. The van der Waals surface area contributed by atoms with E-state index in [-0.39, 0.29) is 17.8 Å². The van der Waals surface area contributed by atoms with Gasteiger partial charge in [0.25, 0.3) is 0 Å². The van der Waals surface area contributed by atoms with Crippen molar-refractivity contribution < 1.29 is 13.5 Å². The molecule has 7 aromatic carbocycles. The molecular formula is C52H40F2N4O. The molecule has 1 aliphatic heterocycles. The maximum absolute atomic E-state index is 15.6. The van der Waals surface area contributed by atoms with Gasteiger partial charge in [0.1, 0.15) is 41.3 Å². The molecule has 288 valence electrons. The van der Waals surface area contributed by atoms with E-state index in [4.69, 9.17) is 9.72 Å². The number of aromatic nitrogens is 2. The van der Waals surface area contributed by atoms with Crippen LogP contribution in [0.5, 0.6) is 11.5 Å². The molecule has 0 amide bonds. The standard InChI is InChI=1S/C52H40F2N4O/c1-52(2,3)38-23-26-47-49(30-38)57(51-44(53)15-11-16-45(51)54)33-56(47)39-28-37(36-21-19-35(20-22-36)34-12-5-4-6-13-34)29-41(31-39)59-40-24-25-43-42-14-7-8-17-46(42)58(48(43)32-40)50-18-9-10-27-55-50/h4-32H,33H2,1-3H3. The van der Waals surface area contributed by atoms with Crippen LogP contribution in [-0.2, 0) is 5.41 Å². The fourth-order valence-electron chi connectivity index (χ4n) is 8.22. The minimum absolute atomic E-state index is 0.0805. The third kappa shape index (κ3) is 6.54. The Kier molecular flexibility index (Phi) is 8.75. The lowest BCUT2D eigenvalue weighted by Crippen LogP contribution is -2.25. The number of halogens is 2. The van der Waals surface area contributed by atoms with E-state index >= 15 is 8.78 Å². The number of fused-ring (bicyclic) bond motifs is 4. The molecule has 0 fully saturated rings. The van der Waals surface area contributed by atoms with E-state index < -0.39 is 11.6 Å². The number of rotatable bonds is 7. The van der Waals surface area contributed by atoms with E-state index in [1.165, 1.54) is 18.2 Å². The first kappa shape index (κ1) is 36.1. The number of hydrogen-bond donors (Lipinski definition) is 0. The topological polar surface area (TPSA) is 33.5 Å². The summed E-state index contributed by atoms with van der Waals surface area (Å²) in [5.41, 5.74) is 9.40. The fraction of sp³-hybridized carbons (Fsp3) is 0.0962. The zero-order valence-corrected chi connectivity index (χ0v) is 32.9. The zero-order valence-electron chi connectivity index (χ0n) is 32.9. The van der Waals surface area contributed by atoms with Gasteiger partial charge in [-0.1, -0.05) is 112 Å². The number of anilines is 4. The van der Waals surface area contributed by atoms with Crippen LogP contribution < -0.4 is 14.5 Å². The molecule has 10 rings (SSSR count). The maximum Gasteiger partial charge on any atom is 0.149 e. The predicted octanol–water partition coefficient (Wildman–Crippen LogP) is 14.1. The Balaban J connectivity index is 1.12. The summed E-state index contributed by atoms with van der Waals surface area (Å²) in [4.78, 5) is 8.54. The van der Waals surface area contributed by atoms with Crippen molar-refractivity contribution in [3.8, 4) is 39.6 Å². The van der Waals surface area contributed by atoms with Crippen molar-refractivity contribution in [2.75, 3.05) is 16.5 Å². The number of nitrogens with zero attached hydrogens (tertiary/aromatic N) is 4. The van der Waals surface area contributed by atoms with E-state index in [0.29, 0.717) is 11.5 Å². The number of para-hydroxylation sites is 2. The van der Waals surface area contributed by atoms with Crippen LogP contribution in [0.3, 0.4) is 0 Å². The van der Waals surface area contributed by atoms with Gasteiger partial charge in [0, 0.05) is 34.8 Å². The second kappa shape index (κ2) is 14.3. The molecule has 0 spiro atoms. The first-order valence-electron chi connectivity index (χ1n) is 19.8. The first-order chi connectivity index (χ1) is 28.7. The van der Waals surface area contributed by atoms with Crippen LogP contribution in [0, 0.1) is 11.6 Å². The summed E-state index contributed by atoms with van der Waals surface area (Å²) in [6.45, 7) is 6.60. The van der Waals surface area contributed by atoms with E-state index in [2.05, 4.69) is 121 Å². The van der Waals surface area contributed by atoms with Crippen LogP contribution in [0.1, 0.15) is 26.3 Å². The van der Waals surface area contributed by atoms with Crippen molar-refractivity contribution >= 4 is 44.6 Å². The first-order valence-corrected chi connectivity index (χ1v) is 19.8. The highest BCUT2D eigenvalue weighted by atomic mass is 19.1. The number of benzene rings is 7. The largest absolute Gasteiger partial charge is 0.457 e. The molecule has 0 unspecified atom stereocenters. The van der Waals surface area contributed by atoms with Gasteiger partial charge in [-0.05, 0) is 100.0 Å². The quantitative estimate of drug-likeness (QED) is 0.161. The van der Waals surface area contributed by atoms with Crippen molar-refractivity contribution in [3.05, 3.63) is 193 Å². The molecule has 0 aliphatic carbocycles. The smallest absolute Gasteiger partial charge is 0.149 e. The summed E-state index contributed by atoms with van der Waals surface area (Å²) in [5.74, 6) is 0.860. The van der Waals surface area contributed by atoms with Gasteiger partial charge in [0.15, 0.2) is 0 Å². The summed E-state index contributed by atoms with van der Waals surface area (Å²) in [5, 5.41) is 2.22. The Morgan fingerprint density at radius 1 is 0.525 bits per heavy atom. The summed E-state index contributed by atoms with van der Waals surface area (Å²) in [6.07, 6.45) is 1.80. The fourth-order valence-corrected chi connectivity index (χ4v) is 8.22. The monoisotopic (exact) mass is 774 g/mol. The molecule has 0 N–H and O–H groups in total. The molecule has 0 bridgehead atoms. The van der Waals surface area contributed by atoms with Gasteiger partial charge in [0.05, 0.1) is 22.4 Å². The maximum atomic E-state index is 15.6. The van der Waals surface area contributed by atoms with E-state index in [1.807, 2.05) is 60.7 Å². The van der Waals surface area contributed by atoms with Crippen LogP contribution in [0.2, 0.25) is 0 Å². The van der Waals surface area contributed by atoms with Crippen molar-refractivity contribution in [2.45, 2.75) is 26.2 Å². The number of pyridine rings is 1. The highest BCUT2D eigenvalue weighted by Gasteiger charge is 2.33. The Labute approximate surface area is 342 Å². The van der Waals surface area contributed by atoms with Gasteiger partial charge in [0.2, 0.25) is 0 Å². The van der Waals surface area contributed by atoms with Gasteiger partial charge in [-0.25, -0.2) is 13.8 Å². The predicted molar refractivity (Wildman–Crippen MR) is 237 cm³/mol. The normalized spacial score (nSPS) is 12.7. The highest BCUT2D eigenvalue weighted by Crippen LogP contribution is 2.49. The molecule has 0 saturated carbocycles. The molecular weight excluding hydrogens is 735 g/mol. The Hall–Kier alpha value is -7.25. The van der Waals surface area contributed by atoms with Gasteiger partial charge < -0.3 is 14.5 Å². The van der Waals surface area contributed by atoms with Gasteiger partial charge >= 0.3 is 0 Å². The van der Waals surface area contributed by atoms with Crippen LogP contribution in [-0.4, -0.2) is 16.2 Å². The lowest BCUT2D eigenvalue weighted by Gasteiger charge is -2.24. The van der Waals surface area contributed by atoms with Gasteiger partial charge in [-0.3, -0.25) is 4.57 Å². The molecule has 0 atom stereocenters. The Morgan fingerprint density at radius 3 is 1.97 bits per heavy atom. The zero-order chi connectivity index (χ0) is 40.3. The molecule has 7 heteroatoms. The average Bonchev–Trinajstić information content (AvgIpc) is 3.79. The Bertz CT molecular complexity index is 2990. The van der Waals surface area contributed by atoms with E-state index in [1.54, 1.807) is 11.1 Å². The van der Waals surface area contributed by atoms with Gasteiger partial charge in [-0.2, -0.15) is 0 Å².